The molecule has 0 spiro atoms. The van der Waals surface area contributed by atoms with E-state index in [0.717, 1.165) is 0 Å². The van der Waals surface area contributed by atoms with Gasteiger partial charge in [0.15, 0.2) is 5.82 Å². The number of nitrogens with zero attached hydrogens (tertiary/aromatic N) is 1. The maximum atomic E-state index is 12.1. The van der Waals surface area contributed by atoms with Gasteiger partial charge in [0.1, 0.15) is 5.76 Å². The van der Waals surface area contributed by atoms with Gasteiger partial charge in [-0.1, -0.05) is 64.0 Å². The van der Waals surface area contributed by atoms with E-state index < -0.39 is 0 Å². The third-order valence-corrected chi connectivity index (χ3v) is 4.18. The number of benzene rings is 1. The van der Waals surface area contributed by atoms with Gasteiger partial charge in [0, 0.05) is 12.1 Å². The zero-order valence-corrected chi connectivity index (χ0v) is 16.0. The molecule has 2 aromatic rings. The van der Waals surface area contributed by atoms with Gasteiger partial charge < -0.3 is 15.2 Å². The predicted octanol–water partition coefficient (Wildman–Crippen LogP) is 4.21. The van der Waals surface area contributed by atoms with Gasteiger partial charge in [-0.2, -0.15) is 0 Å². The summed E-state index contributed by atoms with van der Waals surface area (Å²) in [6.45, 7) is 12.9. The number of amides is 1. The molecule has 0 saturated carbocycles. The van der Waals surface area contributed by atoms with Gasteiger partial charge in [-0.15, -0.1) is 0 Å². The molecule has 2 rings (SSSR count). The summed E-state index contributed by atoms with van der Waals surface area (Å²) in [6.07, 6.45) is 0. The predicted molar refractivity (Wildman–Crippen MR) is 101 cm³/mol. The molecule has 0 saturated heterocycles. The Balaban J connectivity index is 1.99. The Kier molecular flexibility index (Phi) is 6.01. The number of hydrogen-bond acceptors (Lipinski definition) is 4. The number of rotatable bonds is 6. The molecule has 5 heteroatoms. The minimum absolute atomic E-state index is 0.110. The molecule has 1 amide bonds. The zero-order chi connectivity index (χ0) is 18.6. The molecule has 0 unspecified atom stereocenters. The number of aryl methyl sites for hydroxylation is 1. The fraction of sp³-hybridized carbons (Fsp3) is 0.500. The van der Waals surface area contributed by atoms with Gasteiger partial charge in [-0.3, -0.25) is 4.79 Å². The summed E-state index contributed by atoms with van der Waals surface area (Å²) in [5, 5.41) is 9.86. The van der Waals surface area contributed by atoms with Crippen LogP contribution in [0.15, 0.2) is 34.9 Å². The van der Waals surface area contributed by atoms with Crippen LogP contribution in [0.4, 0.5) is 5.82 Å². The molecule has 0 aliphatic rings. The van der Waals surface area contributed by atoms with Crippen LogP contribution in [-0.4, -0.2) is 17.6 Å². The average Bonchev–Trinajstić information content (AvgIpc) is 2.91. The fourth-order valence-corrected chi connectivity index (χ4v) is 2.74. The lowest BCUT2D eigenvalue weighted by Gasteiger charge is -2.24. The summed E-state index contributed by atoms with van der Waals surface area (Å²) in [7, 11) is 0. The molecule has 1 heterocycles. The van der Waals surface area contributed by atoms with E-state index in [1.54, 1.807) is 13.0 Å². The van der Waals surface area contributed by atoms with Crippen molar-refractivity contribution in [2.75, 3.05) is 11.9 Å². The highest BCUT2D eigenvalue weighted by Crippen LogP contribution is 2.26. The Morgan fingerprint density at radius 2 is 1.84 bits per heavy atom. The molecule has 25 heavy (non-hydrogen) atoms. The van der Waals surface area contributed by atoms with E-state index >= 15 is 0 Å². The van der Waals surface area contributed by atoms with Gasteiger partial charge in [0.25, 0.3) is 0 Å². The van der Waals surface area contributed by atoms with Crippen LogP contribution in [0, 0.1) is 12.8 Å². The number of hydrogen-bond donors (Lipinski definition) is 2. The van der Waals surface area contributed by atoms with Crippen molar-refractivity contribution in [3.63, 3.8) is 0 Å². The van der Waals surface area contributed by atoms with E-state index in [0.29, 0.717) is 17.5 Å². The first-order valence-electron chi connectivity index (χ1n) is 8.74. The Morgan fingerprint density at radius 3 is 2.32 bits per heavy atom. The number of aromatic nitrogens is 1. The van der Waals surface area contributed by atoms with Gasteiger partial charge in [-0.05, 0) is 29.4 Å². The van der Waals surface area contributed by atoms with E-state index in [4.69, 9.17) is 4.52 Å². The fourth-order valence-electron chi connectivity index (χ4n) is 2.74. The van der Waals surface area contributed by atoms with Crippen molar-refractivity contribution in [2.24, 2.45) is 5.92 Å². The number of anilines is 1. The lowest BCUT2D eigenvalue weighted by molar-refractivity contribution is -0.115. The highest BCUT2D eigenvalue weighted by atomic mass is 16.5. The second-order valence-electron chi connectivity index (χ2n) is 7.85. The summed E-state index contributed by atoms with van der Waals surface area (Å²) >= 11 is 0. The lowest BCUT2D eigenvalue weighted by atomic mass is 9.85. The molecular formula is C20H29N3O2. The van der Waals surface area contributed by atoms with Gasteiger partial charge in [0.05, 0.1) is 6.54 Å². The Labute approximate surface area is 150 Å². The SMILES string of the molecule is Cc1cc(NC(=O)CN[C@@H](c2ccc(C(C)(C)C)cc2)C(C)C)no1. The minimum atomic E-state index is -0.134. The van der Waals surface area contributed by atoms with Gasteiger partial charge >= 0.3 is 0 Å². The van der Waals surface area contributed by atoms with E-state index in [1.807, 2.05) is 0 Å². The van der Waals surface area contributed by atoms with Crippen LogP contribution in [0.2, 0.25) is 0 Å². The van der Waals surface area contributed by atoms with Crippen LogP contribution >= 0.6 is 0 Å². The normalized spacial score (nSPS) is 13.1. The molecule has 0 aliphatic carbocycles. The molecule has 0 fully saturated rings. The Morgan fingerprint density at radius 1 is 1.20 bits per heavy atom. The van der Waals surface area contributed by atoms with Crippen LogP contribution < -0.4 is 10.6 Å². The highest BCUT2D eigenvalue weighted by Gasteiger charge is 2.19. The Hall–Kier alpha value is -2.14. The summed E-state index contributed by atoms with van der Waals surface area (Å²) in [6, 6.07) is 10.4. The van der Waals surface area contributed by atoms with Crippen LogP contribution in [0.1, 0.15) is 57.5 Å². The van der Waals surface area contributed by atoms with E-state index in [2.05, 4.69) is 74.7 Å². The third kappa shape index (κ3) is 5.43. The number of nitrogens with one attached hydrogen (secondary N) is 2. The van der Waals surface area contributed by atoms with Crippen molar-refractivity contribution in [1.29, 1.82) is 0 Å². The first kappa shape index (κ1) is 19.2. The molecule has 1 atom stereocenters. The minimum Gasteiger partial charge on any atom is -0.360 e. The van der Waals surface area contributed by atoms with Crippen molar-refractivity contribution >= 4 is 11.7 Å². The first-order valence-corrected chi connectivity index (χ1v) is 8.74. The largest absolute Gasteiger partial charge is 0.360 e. The second kappa shape index (κ2) is 7.83. The van der Waals surface area contributed by atoms with Gasteiger partial charge in [-0.25, -0.2) is 0 Å². The smallest absolute Gasteiger partial charge is 0.239 e. The van der Waals surface area contributed by atoms with Crippen molar-refractivity contribution in [1.82, 2.24) is 10.5 Å². The zero-order valence-electron chi connectivity index (χ0n) is 16.0. The average molecular weight is 343 g/mol. The first-order chi connectivity index (χ1) is 11.7. The van der Waals surface area contributed by atoms with Crippen LogP contribution in [0.3, 0.4) is 0 Å². The summed E-state index contributed by atoms with van der Waals surface area (Å²) in [4.78, 5) is 12.1. The van der Waals surface area contributed by atoms with Crippen molar-refractivity contribution in [2.45, 2.75) is 53.0 Å². The van der Waals surface area contributed by atoms with Gasteiger partial charge in [0.2, 0.25) is 5.91 Å². The summed E-state index contributed by atoms with van der Waals surface area (Å²) in [5.74, 6) is 1.34. The topological polar surface area (TPSA) is 67.2 Å². The molecular weight excluding hydrogens is 314 g/mol. The maximum Gasteiger partial charge on any atom is 0.239 e. The highest BCUT2D eigenvalue weighted by molar-refractivity contribution is 5.91. The standard InChI is InChI=1S/C20H29N3O2/c1-13(2)19(15-7-9-16(10-8-15)20(4,5)6)21-12-18(24)22-17-11-14(3)25-23-17/h7-11,13,19,21H,12H2,1-6H3,(H,22,23,24)/t19-/m1/s1. The van der Waals surface area contributed by atoms with Crippen molar-refractivity contribution in [3.05, 3.63) is 47.2 Å². The quantitative estimate of drug-likeness (QED) is 0.824. The summed E-state index contributed by atoms with van der Waals surface area (Å²) < 4.78 is 4.95. The van der Waals surface area contributed by atoms with Crippen LogP contribution in [0.5, 0.6) is 0 Å². The monoisotopic (exact) mass is 343 g/mol. The van der Waals surface area contributed by atoms with Crippen LogP contribution in [0.25, 0.3) is 0 Å². The van der Waals surface area contributed by atoms with Crippen molar-refractivity contribution in [3.8, 4) is 0 Å². The van der Waals surface area contributed by atoms with E-state index in [-0.39, 0.29) is 23.9 Å². The Bertz CT molecular complexity index is 696. The molecule has 0 bridgehead atoms. The molecule has 136 valence electrons. The molecule has 2 N–H and O–H groups in total. The molecule has 1 aromatic carbocycles. The second-order valence-corrected chi connectivity index (χ2v) is 7.85. The van der Waals surface area contributed by atoms with Crippen molar-refractivity contribution < 1.29 is 9.32 Å². The van der Waals surface area contributed by atoms with E-state index in [1.165, 1.54) is 11.1 Å². The third-order valence-electron chi connectivity index (χ3n) is 4.18. The summed E-state index contributed by atoms with van der Waals surface area (Å²) in [5.41, 5.74) is 2.63. The number of carbonyl (C=O) groups excluding carboxylic acids is 1. The maximum absolute atomic E-state index is 12.1. The molecule has 0 radical (unpaired) electrons. The van der Waals surface area contributed by atoms with Crippen LogP contribution in [-0.2, 0) is 10.2 Å². The number of carbonyl (C=O) groups is 1. The lowest BCUT2D eigenvalue weighted by Crippen LogP contribution is -2.33. The molecule has 5 nitrogen and oxygen atoms in total. The molecule has 1 aromatic heterocycles. The molecule has 0 aliphatic heterocycles. The van der Waals surface area contributed by atoms with E-state index in [9.17, 15) is 4.79 Å².